The molecule has 172 valence electrons. The SMILES string of the molecule is CCOc1cc(F)ccc1C(=O)N1CC2(CC(n3nc(C)cc3-c3cc(F)ccc3C)C2)C1. The molecule has 2 heterocycles. The van der Waals surface area contributed by atoms with Gasteiger partial charge < -0.3 is 9.64 Å². The summed E-state index contributed by atoms with van der Waals surface area (Å²) in [5.41, 5.74) is 4.19. The molecule has 1 spiro atoms. The van der Waals surface area contributed by atoms with E-state index in [0.717, 1.165) is 35.4 Å². The Morgan fingerprint density at radius 3 is 2.52 bits per heavy atom. The van der Waals surface area contributed by atoms with E-state index < -0.39 is 5.82 Å². The van der Waals surface area contributed by atoms with Crippen molar-refractivity contribution >= 4 is 5.91 Å². The number of rotatable bonds is 5. The van der Waals surface area contributed by atoms with Crippen molar-refractivity contribution in [1.82, 2.24) is 14.7 Å². The zero-order chi connectivity index (χ0) is 23.3. The van der Waals surface area contributed by atoms with Crippen LogP contribution >= 0.6 is 0 Å². The van der Waals surface area contributed by atoms with Gasteiger partial charge in [0.2, 0.25) is 0 Å². The van der Waals surface area contributed by atoms with Crippen LogP contribution in [0.25, 0.3) is 11.3 Å². The minimum atomic E-state index is -0.421. The van der Waals surface area contributed by atoms with Crippen LogP contribution in [0.4, 0.5) is 8.78 Å². The third kappa shape index (κ3) is 3.79. The zero-order valence-electron chi connectivity index (χ0n) is 19.1. The molecule has 33 heavy (non-hydrogen) atoms. The van der Waals surface area contributed by atoms with Gasteiger partial charge in [0.1, 0.15) is 17.4 Å². The second-order valence-electron chi connectivity index (χ2n) is 9.37. The fraction of sp³-hybridized carbons (Fsp3) is 0.385. The van der Waals surface area contributed by atoms with E-state index in [-0.39, 0.29) is 28.9 Å². The summed E-state index contributed by atoms with van der Waals surface area (Å²) in [6.45, 7) is 7.44. The third-order valence-electron chi connectivity index (χ3n) is 6.83. The third-order valence-corrected chi connectivity index (χ3v) is 6.83. The number of aromatic nitrogens is 2. The molecule has 2 aromatic carbocycles. The second kappa shape index (κ2) is 7.97. The van der Waals surface area contributed by atoms with Crippen molar-refractivity contribution in [3.8, 4) is 17.0 Å². The molecule has 5 rings (SSSR count). The van der Waals surface area contributed by atoms with Crippen molar-refractivity contribution in [2.45, 2.75) is 39.7 Å². The number of carbonyl (C=O) groups excluding carboxylic acids is 1. The molecule has 0 unspecified atom stereocenters. The molecule has 2 aliphatic rings. The lowest BCUT2D eigenvalue weighted by Crippen LogP contribution is -2.63. The Hall–Kier alpha value is -3.22. The molecule has 1 saturated carbocycles. The maximum absolute atomic E-state index is 13.9. The largest absolute Gasteiger partial charge is 0.493 e. The van der Waals surface area contributed by atoms with Gasteiger partial charge in [0, 0.05) is 30.1 Å². The summed E-state index contributed by atoms with van der Waals surface area (Å²) >= 11 is 0. The Morgan fingerprint density at radius 1 is 1.09 bits per heavy atom. The summed E-state index contributed by atoms with van der Waals surface area (Å²) in [7, 11) is 0. The van der Waals surface area contributed by atoms with Gasteiger partial charge in [-0.2, -0.15) is 5.10 Å². The summed E-state index contributed by atoms with van der Waals surface area (Å²) in [5.74, 6) is -0.516. The van der Waals surface area contributed by atoms with Crippen molar-refractivity contribution in [2.75, 3.05) is 19.7 Å². The van der Waals surface area contributed by atoms with Crippen molar-refractivity contribution in [3.05, 3.63) is 70.9 Å². The number of ether oxygens (including phenoxy) is 1. The number of likely N-dealkylation sites (tertiary alicyclic amines) is 1. The Labute approximate surface area is 192 Å². The van der Waals surface area contributed by atoms with Crippen LogP contribution in [0, 0.1) is 30.9 Å². The maximum atomic E-state index is 13.9. The lowest BCUT2D eigenvalue weighted by molar-refractivity contribution is -0.0735. The molecule has 2 fully saturated rings. The number of nitrogens with zero attached hydrogens (tertiary/aromatic N) is 3. The fourth-order valence-corrected chi connectivity index (χ4v) is 5.26. The van der Waals surface area contributed by atoms with Crippen molar-refractivity contribution < 1.29 is 18.3 Å². The number of halogens is 2. The van der Waals surface area contributed by atoms with Crippen molar-refractivity contribution in [2.24, 2.45) is 5.41 Å². The number of benzene rings is 2. The van der Waals surface area contributed by atoms with E-state index in [1.54, 1.807) is 17.0 Å². The first kappa shape index (κ1) is 21.6. The first-order chi connectivity index (χ1) is 15.8. The Bertz CT molecular complexity index is 1220. The lowest BCUT2D eigenvalue weighted by Gasteiger charge is -2.59. The number of hydrogen-bond donors (Lipinski definition) is 0. The number of hydrogen-bond acceptors (Lipinski definition) is 3. The van der Waals surface area contributed by atoms with Crippen LogP contribution in [0.15, 0.2) is 42.5 Å². The highest BCUT2D eigenvalue weighted by molar-refractivity contribution is 5.97. The van der Waals surface area contributed by atoms with Crippen LogP contribution in [0.3, 0.4) is 0 Å². The van der Waals surface area contributed by atoms with Gasteiger partial charge in [0.05, 0.1) is 29.6 Å². The fourth-order valence-electron chi connectivity index (χ4n) is 5.26. The van der Waals surface area contributed by atoms with Crippen LogP contribution in [0.2, 0.25) is 0 Å². The van der Waals surface area contributed by atoms with E-state index in [9.17, 15) is 13.6 Å². The minimum Gasteiger partial charge on any atom is -0.493 e. The van der Waals surface area contributed by atoms with Crippen LogP contribution in [0.5, 0.6) is 5.75 Å². The van der Waals surface area contributed by atoms with Gasteiger partial charge in [-0.05, 0) is 69.5 Å². The summed E-state index contributed by atoms with van der Waals surface area (Å²) in [5, 5.41) is 4.71. The van der Waals surface area contributed by atoms with E-state index in [1.165, 1.54) is 24.3 Å². The second-order valence-corrected chi connectivity index (χ2v) is 9.37. The molecular formula is C26H27F2N3O2. The number of aryl methyl sites for hydroxylation is 2. The predicted molar refractivity (Wildman–Crippen MR) is 121 cm³/mol. The van der Waals surface area contributed by atoms with Crippen molar-refractivity contribution in [1.29, 1.82) is 0 Å². The smallest absolute Gasteiger partial charge is 0.257 e. The summed E-state index contributed by atoms with van der Waals surface area (Å²) < 4.78 is 35.0. The van der Waals surface area contributed by atoms with Gasteiger partial charge in [0.15, 0.2) is 0 Å². The molecule has 0 N–H and O–H groups in total. The maximum Gasteiger partial charge on any atom is 0.257 e. The van der Waals surface area contributed by atoms with Gasteiger partial charge in [-0.3, -0.25) is 9.48 Å². The first-order valence-corrected chi connectivity index (χ1v) is 11.3. The highest BCUT2D eigenvalue weighted by atomic mass is 19.1. The summed E-state index contributed by atoms with van der Waals surface area (Å²) in [4.78, 5) is 14.8. The van der Waals surface area contributed by atoms with E-state index in [4.69, 9.17) is 9.84 Å². The highest BCUT2D eigenvalue weighted by Gasteiger charge is 2.55. The van der Waals surface area contributed by atoms with E-state index in [1.807, 2.05) is 31.5 Å². The van der Waals surface area contributed by atoms with Gasteiger partial charge in [0.25, 0.3) is 5.91 Å². The van der Waals surface area contributed by atoms with Crippen molar-refractivity contribution in [3.63, 3.8) is 0 Å². The molecule has 0 atom stereocenters. The van der Waals surface area contributed by atoms with E-state index >= 15 is 0 Å². The van der Waals surface area contributed by atoms with Crippen LogP contribution in [-0.2, 0) is 0 Å². The van der Waals surface area contributed by atoms with Crippen LogP contribution < -0.4 is 4.74 Å². The molecule has 0 radical (unpaired) electrons. The van der Waals surface area contributed by atoms with E-state index in [2.05, 4.69) is 0 Å². The van der Waals surface area contributed by atoms with E-state index in [0.29, 0.717) is 25.3 Å². The molecular weight excluding hydrogens is 424 g/mol. The molecule has 1 saturated heterocycles. The minimum absolute atomic E-state index is 0.0836. The quantitative estimate of drug-likeness (QED) is 0.527. The molecule has 1 aliphatic carbocycles. The number of amides is 1. The standard InChI is InChI=1S/C26H27F2N3O2/c1-4-33-24-11-19(28)7-8-21(24)25(32)30-14-26(15-30)12-20(13-26)31-23(9-17(3)29-31)22-10-18(27)6-5-16(22)2/h5-11,20H,4,12-15H2,1-3H3. The molecule has 1 aliphatic heterocycles. The molecule has 1 aromatic heterocycles. The summed E-state index contributed by atoms with van der Waals surface area (Å²) in [6, 6.07) is 11.1. The Morgan fingerprint density at radius 2 is 1.79 bits per heavy atom. The predicted octanol–water partition coefficient (Wildman–Crippen LogP) is 5.32. The molecule has 7 heteroatoms. The van der Waals surface area contributed by atoms with Gasteiger partial charge in [-0.25, -0.2) is 8.78 Å². The Kier molecular flexibility index (Phi) is 5.22. The monoisotopic (exact) mass is 451 g/mol. The molecule has 1 amide bonds. The highest BCUT2D eigenvalue weighted by Crippen LogP contribution is 2.55. The molecule has 3 aromatic rings. The topological polar surface area (TPSA) is 47.4 Å². The van der Waals surface area contributed by atoms with Gasteiger partial charge in [-0.15, -0.1) is 0 Å². The normalized spacial score (nSPS) is 17.1. The number of carbonyl (C=O) groups is 1. The molecule has 5 nitrogen and oxygen atoms in total. The van der Waals surface area contributed by atoms with Gasteiger partial charge >= 0.3 is 0 Å². The average Bonchev–Trinajstić information content (AvgIpc) is 3.09. The Balaban J connectivity index is 1.29. The van der Waals surface area contributed by atoms with Crippen LogP contribution in [-0.4, -0.2) is 40.3 Å². The van der Waals surface area contributed by atoms with Crippen LogP contribution in [0.1, 0.15) is 47.4 Å². The first-order valence-electron chi connectivity index (χ1n) is 11.3. The summed E-state index contributed by atoms with van der Waals surface area (Å²) in [6.07, 6.45) is 1.84. The molecule has 0 bridgehead atoms. The average molecular weight is 452 g/mol. The zero-order valence-corrected chi connectivity index (χ0v) is 19.1. The van der Waals surface area contributed by atoms with Gasteiger partial charge in [-0.1, -0.05) is 6.07 Å². The lowest BCUT2D eigenvalue weighted by atomic mass is 9.60.